The summed E-state index contributed by atoms with van der Waals surface area (Å²) < 4.78 is 18.5. The number of carbonyl (C=O) groups excluding carboxylic acids is 1. The Hall–Kier alpha value is -2.15. The first-order valence-corrected chi connectivity index (χ1v) is 9.19. The third-order valence-electron chi connectivity index (χ3n) is 4.93. The molecule has 1 aromatic rings. The first-order valence-electron chi connectivity index (χ1n) is 8.78. The van der Waals surface area contributed by atoms with Crippen molar-refractivity contribution in [2.45, 2.75) is 39.2 Å². The van der Waals surface area contributed by atoms with Gasteiger partial charge in [-0.3, -0.25) is 15.6 Å². The zero-order valence-electron chi connectivity index (χ0n) is 15.3. The van der Waals surface area contributed by atoms with Gasteiger partial charge in [-0.05, 0) is 54.2 Å². The highest BCUT2D eigenvalue weighted by Gasteiger charge is 2.27. The van der Waals surface area contributed by atoms with Crippen molar-refractivity contribution in [3.63, 3.8) is 0 Å². The lowest BCUT2D eigenvalue weighted by Gasteiger charge is -2.35. The van der Waals surface area contributed by atoms with Crippen LogP contribution >= 0.6 is 12.2 Å². The zero-order valence-corrected chi connectivity index (χ0v) is 16.2. The lowest BCUT2D eigenvalue weighted by Crippen LogP contribution is -2.52. The summed E-state index contributed by atoms with van der Waals surface area (Å²) in [6.07, 6.45) is 6.32. The molecule has 3 atom stereocenters. The third kappa shape index (κ3) is 5.69. The number of thiocarbonyl (C=S) groups is 1. The van der Waals surface area contributed by atoms with Crippen molar-refractivity contribution < 1.29 is 13.9 Å². The molecule has 1 fully saturated rings. The SMILES string of the molecule is COc1ccc(/C=C/C(=O)NNC(=S)N[C@@H]2CCC[C@H](C)[C@H]2C)cc1F. The van der Waals surface area contributed by atoms with Gasteiger partial charge >= 0.3 is 0 Å². The number of ether oxygens (including phenoxy) is 1. The van der Waals surface area contributed by atoms with E-state index in [4.69, 9.17) is 17.0 Å². The first kappa shape index (κ1) is 20.2. The lowest BCUT2D eigenvalue weighted by atomic mass is 9.78. The fourth-order valence-corrected chi connectivity index (χ4v) is 3.31. The second kappa shape index (κ2) is 9.52. The van der Waals surface area contributed by atoms with Crippen molar-refractivity contribution in [1.29, 1.82) is 0 Å². The van der Waals surface area contributed by atoms with E-state index in [9.17, 15) is 9.18 Å². The summed E-state index contributed by atoms with van der Waals surface area (Å²) in [5.74, 6) is 0.497. The van der Waals surface area contributed by atoms with Crippen LogP contribution in [0.3, 0.4) is 0 Å². The summed E-state index contributed by atoms with van der Waals surface area (Å²) >= 11 is 5.24. The van der Waals surface area contributed by atoms with Crippen LogP contribution in [-0.4, -0.2) is 24.2 Å². The Morgan fingerprint density at radius 1 is 1.31 bits per heavy atom. The maximum atomic E-state index is 13.6. The highest BCUT2D eigenvalue weighted by molar-refractivity contribution is 7.80. The largest absolute Gasteiger partial charge is 0.494 e. The molecule has 0 aliphatic heterocycles. The summed E-state index contributed by atoms with van der Waals surface area (Å²) in [6.45, 7) is 4.48. The number of carbonyl (C=O) groups is 1. The average molecular weight is 380 g/mol. The van der Waals surface area contributed by atoms with Crippen LogP contribution in [0.15, 0.2) is 24.3 Å². The minimum absolute atomic E-state index is 0.163. The van der Waals surface area contributed by atoms with Gasteiger partial charge in [0, 0.05) is 12.1 Å². The number of nitrogens with one attached hydrogen (secondary N) is 3. The zero-order chi connectivity index (χ0) is 19.1. The smallest absolute Gasteiger partial charge is 0.262 e. The summed E-state index contributed by atoms with van der Waals surface area (Å²) in [6, 6.07) is 4.79. The number of hydrazine groups is 1. The minimum atomic E-state index is -0.477. The van der Waals surface area contributed by atoms with Gasteiger partial charge in [0.05, 0.1) is 7.11 Å². The highest BCUT2D eigenvalue weighted by atomic mass is 32.1. The van der Waals surface area contributed by atoms with E-state index in [0.29, 0.717) is 28.6 Å². The number of benzene rings is 1. The van der Waals surface area contributed by atoms with E-state index in [1.807, 2.05) is 0 Å². The molecule has 142 valence electrons. The Morgan fingerprint density at radius 3 is 2.77 bits per heavy atom. The van der Waals surface area contributed by atoms with Gasteiger partial charge in [-0.15, -0.1) is 0 Å². The normalized spacial score (nSPS) is 22.7. The molecule has 26 heavy (non-hydrogen) atoms. The predicted molar refractivity (Wildman–Crippen MR) is 105 cm³/mol. The maximum Gasteiger partial charge on any atom is 0.262 e. The predicted octanol–water partition coefficient (Wildman–Crippen LogP) is 3.17. The summed E-state index contributed by atoms with van der Waals surface area (Å²) in [7, 11) is 1.40. The van der Waals surface area contributed by atoms with Crippen LogP contribution in [0.4, 0.5) is 4.39 Å². The van der Waals surface area contributed by atoms with Gasteiger partial charge in [0.2, 0.25) is 0 Å². The van der Waals surface area contributed by atoms with Gasteiger partial charge in [-0.1, -0.05) is 32.8 Å². The molecule has 0 spiro atoms. The second-order valence-electron chi connectivity index (χ2n) is 6.69. The highest BCUT2D eigenvalue weighted by Crippen LogP contribution is 2.29. The van der Waals surface area contributed by atoms with E-state index in [0.717, 1.165) is 6.42 Å². The summed E-state index contributed by atoms with van der Waals surface area (Å²) in [4.78, 5) is 11.9. The van der Waals surface area contributed by atoms with Crippen molar-refractivity contribution in [3.05, 3.63) is 35.7 Å². The molecule has 2 rings (SSSR count). The number of hydrogen-bond acceptors (Lipinski definition) is 3. The second-order valence-corrected chi connectivity index (χ2v) is 7.10. The van der Waals surface area contributed by atoms with E-state index in [2.05, 4.69) is 30.0 Å². The fourth-order valence-electron chi connectivity index (χ4n) is 3.11. The van der Waals surface area contributed by atoms with E-state index in [-0.39, 0.29) is 11.7 Å². The average Bonchev–Trinajstić information content (AvgIpc) is 2.62. The van der Waals surface area contributed by atoms with Crippen LogP contribution in [0.1, 0.15) is 38.7 Å². The van der Waals surface area contributed by atoms with E-state index in [1.54, 1.807) is 6.07 Å². The number of amides is 1. The third-order valence-corrected chi connectivity index (χ3v) is 5.15. The van der Waals surface area contributed by atoms with E-state index < -0.39 is 5.82 Å². The fraction of sp³-hybridized carbons (Fsp3) is 0.474. The van der Waals surface area contributed by atoms with Gasteiger partial charge < -0.3 is 10.1 Å². The number of halogens is 1. The molecular weight excluding hydrogens is 353 g/mol. The Bertz CT molecular complexity index is 681. The number of hydrogen-bond donors (Lipinski definition) is 3. The van der Waals surface area contributed by atoms with Gasteiger partial charge in [0.1, 0.15) is 0 Å². The van der Waals surface area contributed by atoms with Gasteiger partial charge in [-0.2, -0.15) is 0 Å². The van der Waals surface area contributed by atoms with Crippen molar-refractivity contribution in [2.24, 2.45) is 11.8 Å². The maximum absolute atomic E-state index is 13.6. The van der Waals surface area contributed by atoms with E-state index >= 15 is 0 Å². The molecule has 1 aliphatic rings. The Morgan fingerprint density at radius 2 is 2.08 bits per heavy atom. The topological polar surface area (TPSA) is 62.4 Å². The molecule has 1 amide bonds. The van der Waals surface area contributed by atoms with Crippen LogP contribution in [0, 0.1) is 17.7 Å². The van der Waals surface area contributed by atoms with Crippen LogP contribution in [0.2, 0.25) is 0 Å². The standard InChI is InChI=1S/C19H26FN3O2S/c1-12-5-4-6-16(13(12)2)21-19(26)23-22-18(24)10-8-14-7-9-17(25-3)15(20)11-14/h7-13,16H,4-6H2,1-3H3,(H,22,24)(H2,21,23,26)/b10-8+/t12-,13+,16+/m0/s1. The monoisotopic (exact) mass is 379 g/mol. The molecule has 1 aromatic carbocycles. The van der Waals surface area contributed by atoms with Crippen molar-refractivity contribution in [3.8, 4) is 5.75 Å². The van der Waals surface area contributed by atoms with Crippen molar-refractivity contribution >= 4 is 29.3 Å². The molecule has 0 aromatic heterocycles. The number of rotatable bonds is 4. The molecular formula is C19H26FN3O2S. The van der Waals surface area contributed by atoms with Gasteiger partial charge in [0.25, 0.3) is 5.91 Å². The van der Waals surface area contributed by atoms with Crippen LogP contribution in [0.5, 0.6) is 5.75 Å². The quantitative estimate of drug-likeness (QED) is 0.426. The Labute approximate surface area is 159 Å². The lowest BCUT2D eigenvalue weighted by molar-refractivity contribution is -0.116. The van der Waals surface area contributed by atoms with Crippen LogP contribution in [-0.2, 0) is 4.79 Å². The van der Waals surface area contributed by atoms with Gasteiger partial charge in [0.15, 0.2) is 16.7 Å². The molecule has 0 unspecified atom stereocenters. The molecule has 1 aliphatic carbocycles. The Kier molecular flexibility index (Phi) is 7.38. The molecule has 1 saturated carbocycles. The van der Waals surface area contributed by atoms with Gasteiger partial charge in [-0.25, -0.2) is 4.39 Å². The first-order chi connectivity index (χ1) is 12.4. The van der Waals surface area contributed by atoms with Crippen molar-refractivity contribution in [1.82, 2.24) is 16.2 Å². The summed E-state index contributed by atoms with van der Waals surface area (Å²) in [5.41, 5.74) is 5.77. The molecule has 5 nitrogen and oxygen atoms in total. The van der Waals surface area contributed by atoms with Crippen LogP contribution < -0.4 is 20.9 Å². The molecule has 0 saturated heterocycles. The molecule has 3 N–H and O–H groups in total. The molecule has 0 heterocycles. The minimum Gasteiger partial charge on any atom is -0.494 e. The summed E-state index contributed by atoms with van der Waals surface area (Å²) in [5, 5.41) is 3.66. The molecule has 0 radical (unpaired) electrons. The number of methoxy groups -OCH3 is 1. The molecule has 0 bridgehead atoms. The molecule has 7 heteroatoms. The van der Waals surface area contributed by atoms with Crippen molar-refractivity contribution in [2.75, 3.05) is 7.11 Å². The van der Waals surface area contributed by atoms with E-state index in [1.165, 1.54) is 44.2 Å². The Balaban J connectivity index is 1.79. The van der Waals surface area contributed by atoms with Crippen LogP contribution in [0.25, 0.3) is 6.08 Å².